The molecule has 3 unspecified atom stereocenters. The first-order valence-electron chi connectivity index (χ1n) is 16.1. The lowest BCUT2D eigenvalue weighted by molar-refractivity contribution is -0.134. The Morgan fingerprint density at radius 1 is 0.912 bits per heavy atom. The summed E-state index contributed by atoms with van der Waals surface area (Å²) in [4.78, 5) is 93.9. The Kier molecular flexibility index (Phi) is 22.7. The lowest BCUT2D eigenvalue weighted by Crippen LogP contribution is -2.64. The van der Waals surface area contributed by atoms with Crippen molar-refractivity contribution in [3.8, 4) is 0 Å². The molecular weight excluding hydrogens is 816 g/mol. The fraction of sp³-hybridized carbons (Fsp3) is 0.600. The zero-order valence-electron chi connectivity index (χ0n) is 29.8. The van der Waals surface area contributed by atoms with Gasteiger partial charge in [0.1, 0.15) is 29.9 Å². The maximum Gasteiger partial charge on any atom is 0.394 e. The zero-order chi connectivity index (χ0) is 44.1. The molecule has 0 radical (unpaired) electrons. The summed E-state index contributed by atoms with van der Waals surface area (Å²) in [5.74, 6) is -5.62. The van der Waals surface area contributed by atoms with Gasteiger partial charge in [0.2, 0.25) is 29.5 Å². The van der Waals surface area contributed by atoms with Gasteiger partial charge in [-0.25, -0.2) is 4.79 Å². The predicted molar refractivity (Wildman–Crippen MR) is 193 cm³/mol. The van der Waals surface area contributed by atoms with Crippen LogP contribution in [0.1, 0.15) is 25.7 Å². The number of nitrogens with zero attached hydrogens (tertiary/aromatic N) is 1. The van der Waals surface area contributed by atoms with Crippen LogP contribution in [0.4, 0.5) is 4.79 Å². The molecule has 326 valence electrons. The van der Waals surface area contributed by atoms with E-state index in [1.54, 1.807) is 0 Å². The number of nitrogens with two attached hydrogens (primary N) is 5. The Morgan fingerprint density at radius 2 is 1.49 bits per heavy atom. The van der Waals surface area contributed by atoms with E-state index in [2.05, 4.69) is 42.2 Å². The largest absolute Gasteiger partial charge is 0.394 e. The van der Waals surface area contributed by atoms with Crippen molar-refractivity contribution in [2.24, 2.45) is 33.7 Å². The van der Waals surface area contributed by atoms with Gasteiger partial charge in [-0.1, -0.05) is 0 Å². The van der Waals surface area contributed by atoms with Crippen molar-refractivity contribution in [3.63, 3.8) is 0 Å². The Hall–Kier alpha value is -5.32. The van der Waals surface area contributed by atoms with Crippen LogP contribution in [0.2, 0.25) is 0 Å². The molecule has 1 fully saturated rings. The van der Waals surface area contributed by atoms with Gasteiger partial charge in [0.25, 0.3) is 5.91 Å². The lowest BCUT2D eigenvalue weighted by atomic mass is 10.0. The normalized spacial score (nSPS) is 23.7. The van der Waals surface area contributed by atoms with Gasteiger partial charge in [-0.15, -0.1) is 0 Å². The first kappa shape index (κ1) is 51.7. The highest BCUT2D eigenvalue weighted by molar-refractivity contribution is 7.80. The van der Waals surface area contributed by atoms with E-state index < -0.39 is 124 Å². The summed E-state index contributed by atoms with van der Waals surface area (Å²) in [6.45, 7) is -1.36. The number of urea groups is 1. The van der Waals surface area contributed by atoms with Gasteiger partial charge < -0.3 is 76.3 Å². The van der Waals surface area contributed by atoms with Gasteiger partial charge in [0.15, 0.2) is 5.96 Å². The molecule has 23 N–H and O–H groups in total. The van der Waals surface area contributed by atoms with Crippen LogP contribution in [-0.4, -0.2) is 157 Å². The molecule has 0 aromatic rings. The number of aliphatic imine (C=N–C) groups is 1. The number of aliphatic hydroxyl groups excluding tert-OH is 1. The summed E-state index contributed by atoms with van der Waals surface area (Å²) in [6, 6.07) is -8.54. The average molecular weight is 865 g/mol. The second-order valence-electron chi connectivity index (χ2n) is 11.6. The smallest absolute Gasteiger partial charge is 0.394 e. The fourth-order valence-corrected chi connectivity index (χ4v) is 4.35. The average Bonchev–Trinajstić information content (AvgIpc) is 3.08. The molecule has 0 aromatic heterocycles. The van der Waals surface area contributed by atoms with Crippen LogP contribution >= 0.6 is 0 Å². The van der Waals surface area contributed by atoms with Crippen LogP contribution in [0, 0.1) is 0 Å². The van der Waals surface area contributed by atoms with E-state index in [1.807, 2.05) is 5.32 Å². The molecule has 8 amide bonds. The maximum atomic E-state index is 13.5. The highest BCUT2D eigenvalue weighted by atomic mass is 32.3. The predicted octanol–water partition coefficient (Wildman–Crippen LogP) is -9.54. The van der Waals surface area contributed by atoms with Crippen LogP contribution in [-0.2, 0) is 49.6 Å². The first-order valence-corrected chi connectivity index (χ1v) is 18.9. The molecule has 0 aliphatic carbocycles. The molecule has 2 aliphatic rings. The van der Waals surface area contributed by atoms with E-state index in [4.69, 9.17) is 63.7 Å². The number of aliphatic hydroxyl groups is 1. The second kappa shape index (κ2) is 25.0. The molecule has 30 nitrogen and oxygen atoms in total. The van der Waals surface area contributed by atoms with E-state index >= 15 is 0 Å². The van der Waals surface area contributed by atoms with Crippen molar-refractivity contribution in [2.75, 3.05) is 32.8 Å². The Balaban J connectivity index is 0.00000277. The number of nitrogens with one attached hydrogen (secondary N) is 8. The minimum absolute atomic E-state index is 0.0120. The van der Waals surface area contributed by atoms with Crippen LogP contribution in [0.15, 0.2) is 16.9 Å². The van der Waals surface area contributed by atoms with Gasteiger partial charge in [0.05, 0.1) is 12.6 Å². The molecule has 0 saturated carbocycles. The van der Waals surface area contributed by atoms with Crippen molar-refractivity contribution in [1.82, 2.24) is 42.5 Å². The van der Waals surface area contributed by atoms with Crippen molar-refractivity contribution in [1.29, 1.82) is 0 Å². The fourth-order valence-electron chi connectivity index (χ4n) is 4.35. The summed E-state index contributed by atoms with van der Waals surface area (Å²) in [5, 5.41) is 28.7. The van der Waals surface area contributed by atoms with E-state index in [0.29, 0.717) is 19.4 Å². The monoisotopic (exact) mass is 864 g/mol. The van der Waals surface area contributed by atoms with Crippen molar-refractivity contribution in [3.05, 3.63) is 11.9 Å². The first-order chi connectivity index (χ1) is 26.2. The highest BCUT2D eigenvalue weighted by Crippen LogP contribution is 2.07. The van der Waals surface area contributed by atoms with E-state index in [1.165, 1.54) is 0 Å². The van der Waals surface area contributed by atoms with E-state index in [0.717, 1.165) is 6.20 Å². The summed E-state index contributed by atoms with van der Waals surface area (Å²) in [7, 11) is -9.33. The zero-order valence-corrected chi connectivity index (χ0v) is 31.4. The molecule has 2 rings (SSSR count). The number of carbonyl (C=O) groups excluding carboxylic acids is 7. The number of carbonyl (C=O) groups is 7. The van der Waals surface area contributed by atoms with Gasteiger partial charge in [-0.3, -0.25) is 52.0 Å². The van der Waals surface area contributed by atoms with Gasteiger partial charge in [-0.05, 0) is 25.8 Å². The second-order valence-corrected chi connectivity index (χ2v) is 13.4. The summed E-state index contributed by atoms with van der Waals surface area (Å²) in [5.41, 5.74) is 27.6. The third-order valence-electron chi connectivity index (χ3n) is 6.90. The molecule has 57 heavy (non-hydrogen) atoms. The number of primary amides is 1. The summed E-state index contributed by atoms with van der Waals surface area (Å²) >= 11 is 0. The minimum atomic E-state index is -4.67. The number of guanidine groups is 1. The molecule has 0 spiro atoms. The third-order valence-corrected chi connectivity index (χ3v) is 6.90. The number of hydrogen-bond acceptors (Lipinski definition) is 18. The standard InChI is InChI=1S/C25H44N14O8.2H2O4S/c26-4-1-2-11(27)6-17(41)32-8-14-20(43)35-15(9-34-25(30)47)21(44)39-18(13-3-5-31-24(29)38-13)23(46)33-7-12(28)19(42)37-16(10-40)22(45)36-14;2*1-5(2,3)4/h9,11-14,16,18,40H,1-8,10,26-28H2,(H,32,41)(H,33,46)(H,35,43)(H,36,45)(H,37,42)(H,39,44)(H3,29,31,38)(H3,30,34,47);2*(H2,1,2,3,4)/b15-9-;;/t11?,12-,13+,14?,16-,18?;;/m0../s1. The van der Waals surface area contributed by atoms with Crippen molar-refractivity contribution >= 4 is 68.2 Å². The molecule has 32 heteroatoms. The topological polar surface area (TPSA) is 528 Å². The van der Waals surface area contributed by atoms with E-state index in [9.17, 15) is 38.7 Å². The van der Waals surface area contributed by atoms with Crippen LogP contribution in [0.5, 0.6) is 0 Å². The molecule has 6 atom stereocenters. The maximum absolute atomic E-state index is 13.5. The lowest BCUT2D eigenvalue weighted by Gasteiger charge is -2.31. The van der Waals surface area contributed by atoms with Gasteiger partial charge >= 0.3 is 26.8 Å². The van der Waals surface area contributed by atoms with Gasteiger partial charge in [-0.2, -0.15) is 16.8 Å². The molecule has 0 bridgehead atoms. The quantitative estimate of drug-likeness (QED) is 0.0716. The molecule has 2 heterocycles. The summed E-state index contributed by atoms with van der Waals surface area (Å²) in [6.07, 6.45) is 1.86. The number of rotatable bonds is 10. The molecule has 2 aliphatic heterocycles. The molecular formula is C25H48N14O16S2. The van der Waals surface area contributed by atoms with Crippen molar-refractivity contribution < 1.29 is 73.7 Å². The van der Waals surface area contributed by atoms with Crippen LogP contribution in [0.25, 0.3) is 0 Å². The SMILES string of the molecule is NCCCC(N)CC(=O)NCC1NC(=O)[C@H](CO)NC(=O)[C@@H](N)CNC(=O)C([C@H]2CCN=C(N)N2)NC(=O)/C(=C/NC(N)=O)NC1=O.O=S(=O)(O)O.O=S(=O)(O)O. The van der Waals surface area contributed by atoms with Crippen molar-refractivity contribution in [2.45, 2.75) is 61.9 Å². The van der Waals surface area contributed by atoms with E-state index in [-0.39, 0.29) is 25.3 Å². The van der Waals surface area contributed by atoms with Crippen LogP contribution < -0.4 is 71.2 Å². The minimum Gasteiger partial charge on any atom is -0.394 e. The Morgan fingerprint density at radius 3 is 2.02 bits per heavy atom. The number of amides is 8. The van der Waals surface area contributed by atoms with Gasteiger partial charge in [0, 0.05) is 38.3 Å². The summed E-state index contributed by atoms with van der Waals surface area (Å²) < 4.78 is 63.2. The highest BCUT2D eigenvalue weighted by Gasteiger charge is 2.35. The Labute approximate surface area is 324 Å². The molecule has 0 aromatic carbocycles. The van der Waals surface area contributed by atoms with Crippen LogP contribution in [0.3, 0.4) is 0 Å². The molecule has 1 saturated heterocycles. The number of hydrogen-bond donors (Lipinski definition) is 18. The Bertz CT molecular complexity index is 1670. The third kappa shape index (κ3) is 24.7.